The standard InChI is InChI=1S/C20H26N4O/c1-23-14-16(12-22-23)17-11-18(17)20(25)21-13-19(24-9-5-6-10-24)15-7-3-2-4-8-15/h2-4,7-8,12,14,17-19H,5-6,9-11,13H2,1H3,(H,21,25)/t17-,18-,19-/m0/s1. The van der Waals surface area contributed by atoms with Crippen LogP contribution >= 0.6 is 0 Å². The third-order valence-corrected chi connectivity index (χ3v) is 5.52. The number of amides is 1. The van der Waals surface area contributed by atoms with E-state index in [2.05, 4.69) is 39.6 Å². The molecule has 0 unspecified atom stereocenters. The topological polar surface area (TPSA) is 50.2 Å². The lowest BCUT2D eigenvalue weighted by Crippen LogP contribution is -2.37. The lowest BCUT2D eigenvalue weighted by atomic mass is 10.1. The number of carbonyl (C=O) groups is 1. The predicted molar refractivity (Wildman–Crippen MR) is 97.1 cm³/mol. The van der Waals surface area contributed by atoms with E-state index in [1.807, 2.05) is 25.5 Å². The monoisotopic (exact) mass is 338 g/mol. The molecule has 2 aromatic rings. The molecule has 25 heavy (non-hydrogen) atoms. The van der Waals surface area contributed by atoms with Gasteiger partial charge in [-0.05, 0) is 49.4 Å². The fraction of sp³-hybridized carbons (Fsp3) is 0.500. The summed E-state index contributed by atoms with van der Waals surface area (Å²) < 4.78 is 1.81. The van der Waals surface area contributed by atoms with Crippen LogP contribution in [0.1, 0.15) is 42.3 Å². The Balaban J connectivity index is 1.37. The maximum Gasteiger partial charge on any atom is 0.223 e. The normalized spacial score (nSPS) is 24.2. The van der Waals surface area contributed by atoms with E-state index in [0.717, 1.165) is 19.5 Å². The van der Waals surface area contributed by atoms with Crippen molar-refractivity contribution < 1.29 is 4.79 Å². The summed E-state index contributed by atoms with van der Waals surface area (Å²) in [5.41, 5.74) is 2.48. The van der Waals surface area contributed by atoms with Gasteiger partial charge in [0.1, 0.15) is 0 Å². The molecule has 2 fully saturated rings. The molecule has 132 valence electrons. The predicted octanol–water partition coefficient (Wildman–Crippen LogP) is 2.48. The fourth-order valence-corrected chi connectivity index (χ4v) is 4.00. The molecule has 1 aliphatic carbocycles. The molecular formula is C20H26N4O. The van der Waals surface area contributed by atoms with Crippen LogP contribution in [0.3, 0.4) is 0 Å². The quantitative estimate of drug-likeness (QED) is 0.880. The van der Waals surface area contributed by atoms with E-state index in [4.69, 9.17) is 0 Å². The zero-order valence-electron chi connectivity index (χ0n) is 14.8. The van der Waals surface area contributed by atoms with Gasteiger partial charge < -0.3 is 5.32 Å². The minimum Gasteiger partial charge on any atom is -0.354 e. The highest BCUT2D eigenvalue weighted by Crippen LogP contribution is 2.47. The van der Waals surface area contributed by atoms with Gasteiger partial charge in [-0.3, -0.25) is 14.4 Å². The van der Waals surface area contributed by atoms with Crippen LogP contribution in [-0.4, -0.2) is 40.2 Å². The summed E-state index contributed by atoms with van der Waals surface area (Å²) in [6, 6.07) is 10.8. The number of nitrogens with one attached hydrogen (secondary N) is 1. The second-order valence-electron chi connectivity index (χ2n) is 7.31. The Bertz CT molecular complexity index is 720. The second-order valence-corrected chi connectivity index (χ2v) is 7.31. The summed E-state index contributed by atoms with van der Waals surface area (Å²) >= 11 is 0. The Hall–Kier alpha value is -2.14. The molecule has 4 rings (SSSR count). The lowest BCUT2D eigenvalue weighted by Gasteiger charge is -2.28. The van der Waals surface area contributed by atoms with Crippen LogP contribution in [0.5, 0.6) is 0 Å². The molecule has 5 nitrogen and oxygen atoms in total. The number of hydrogen-bond donors (Lipinski definition) is 1. The Morgan fingerprint density at radius 2 is 2.04 bits per heavy atom. The van der Waals surface area contributed by atoms with Gasteiger partial charge in [-0.2, -0.15) is 5.10 Å². The van der Waals surface area contributed by atoms with E-state index >= 15 is 0 Å². The van der Waals surface area contributed by atoms with E-state index in [1.165, 1.54) is 24.0 Å². The van der Waals surface area contributed by atoms with Crippen LogP contribution in [0, 0.1) is 5.92 Å². The average Bonchev–Trinajstić information content (AvgIpc) is 3.02. The minimum absolute atomic E-state index is 0.110. The van der Waals surface area contributed by atoms with Gasteiger partial charge in [-0.25, -0.2) is 0 Å². The van der Waals surface area contributed by atoms with Crippen molar-refractivity contribution in [2.24, 2.45) is 13.0 Å². The summed E-state index contributed by atoms with van der Waals surface area (Å²) in [7, 11) is 1.92. The van der Waals surface area contributed by atoms with Crippen molar-refractivity contribution in [1.82, 2.24) is 20.0 Å². The van der Waals surface area contributed by atoms with E-state index in [-0.39, 0.29) is 17.9 Å². The summed E-state index contributed by atoms with van der Waals surface area (Å²) in [4.78, 5) is 15.1. The smallest absolute Gasteiger partial charge is 0.223 e. The Morgan fingerprint density at radius 3 is 2.72 bits per heavy atom. The van der Waals surface area contributed by atoms with E-state index < -0.39 is 0 Å². The van der Waals surface area contributed by atoms with Gasteiger partial charge >= 0.3 is 0 Å². The molecule has 1 aromatic heterocycles. The molecule has 2 aliphatic rings. The second kappa shape index (κ2) is 7.00. The molecule has 1 N–H and O–H groups in total. The summed E-state index contributed by atoms with van der Waals surface area (Å²) in [5, 5.41) is 7.43. The highest BCUT2D eigenvalue weighted by molar-refractivity contribution is 5.82. The van der Waals surface area contributed by atoms with Crippen molar-refractivity contribution in [3.05, 3.63) is 53.9 Å². The van der Waals surface area contributed by atoms with Crippen molar-refractivity contribution >= 4 is 5.91 Å². The first-order chi connectivity index (χ1) is 12.2. The van der Waals surface area contributed by atoms with Crippen LogP contribution in [0.2, 0.25) is 0 Å². The Morgan fingerprint density at radius 1 is 1.28 bits per heavy atom. The van der Waals surface area contributed by atoms with Crippen molar-refractivity contribution in [1.29, 1.82) is 0 Å². The van der Waals surface area contributed by atoms with Crippen LogP contribution in [0.4, 0.5) is 0 Å². The van der Waals surface area contributed by atoms with Crippen LogP contribution < -0.4 is 5.32 Å². The minimum atomic E-state index is 0.110. The highest BCUT2D eigenvalue weighted by Gasteiger charge is 2.44. The Labute approximate surface area is 149 Å². The van der Waals surface area contributed by atoms with Crippen molar-refractivity contribution in [2.75, 3.05) is 19.6 Å². The van der Waals surface area contributed by atoms with Gasteiger partial charge in [0.05, 0.1) is 12.2 Å². The summed E-state index contributed by atoms with van der Waals surface area (Å²) in [5.74, 6) is 0.642. The molecule has 1 saturated carbocycles. The maximum atomic E-state index is 12.6. The summed E-state index contributed by atoms with van der Waals surface area (Å²) in [6.07, 6.45) is 7.35. The number of likely N-dealkylation sites (tertiary alicyclic amines) is 1. The van der Waals surface area contributed by atoms with Crippen molar-refractivity contribution in [3.63, 3.8) is 0 Å². The zero-order valence-corrected chi connectivity index (χ0v) is 14.8. The van der Waals surface area contributed by atoms with Gasteiger partial charge in [-0.15, -0.1) is 0 Å². The van der Waals surface area contributed by atoms with Crippen LogP contribution in [0.25, 0.3) is 0 Å². The van der Waals surface area contributed by atoms with Gasteiger partial charge in [0.2, 0.25) is 5.91 Å². The first kappa shape index (κ1) is 16.3. The molecule has 1 aliphatic heterocycles. The Kier molecular flexibility index (Phi) is 4.57. The SMILES string of the molecule is Cn1cc([C@@H]2C[C@@H]2C(=O)NC[C@@H](c2ccccc2)N2CCCC2)cn1. The molecule has 0 radical (unpaired) electrons. The maximum absolute atomic E-state index is 12.6. The first-order valence-corrected chi connectivity index (χ1v) is 9.27. The van der Waals surface area contributed by atoms with Crippen molar-refractivity contribution in [3.8, 4) is 0 Å². The molecule has 0 spiro atoms. The third kappa shape index (κ3) is 3.61. The molecule has 1 saturated heterocycles. The molecule has 5 heteroatoms. The lowest BCUT2D eigenvalue weighted by molar-refractivity contribution is -0.122. The molecule has 3 atom stereocenters. The van der Waals surface area contributed by atoms with Gasteiger partial charge in [0, 0.05) is 25.7 Å². The number of aryl methyl sites for hydroxylation is 1. The molecular weight excluding hydrogens is 312 g/mol. The number of nitrogens with zero attached hydrogens (tertiary/aromatic N) is 3. The van der Waals surface area contributed by atoms with Gasteiger partial charge in [0.15, 0.2) is 0 Å². The summed E-state index contributed by atoms with van der Waals surface area (Å²) in [6.45, 7) is 2.94. The van der Waals surface area contributed by atoms with Crippen LogP contribution in [-0.2, 0) is 11.8 Å². The van der Waals surface area contributed by atoms with Gasteiger partial charge in [-0.1, -0.05) is 30.3 Å². The zero-order chi connectivity index (χ0) is 17.2. The van der Waals surface area contributed by atoms with Crippen molar-refractivity contribution in [2.45, 2.75) is 31.2 Å². The third-order valence-electron chi connectivity index (χ3n) is 5.52. The fourth-order valence-electron chi connectivity index (χ4n) is 4.00. The molecule has 0 bridgehead atoms. The van der Waals surface area contributed by atoms with E-state index in [0.29, 0.717) is 12.5 Å². The highest BCUT2D eigenvalue weighted by atomic mass is 16.2. The molecule has 2 heterocycles. The average molecular weight is 338 g/mol. The number of benzene rings is 1. The number of rotatable bonds is 6. The number of hydrogen-bond acceptors (Lipinski definition) is 3. The van der Waals surface area contributed by atoms with E-state index in [1.54, 1.807) is 4.68 Å². The first-order valence-electron chi connectivity index (χ1n) is 9.27. The van der Waals surface area contributed by atoms with E-state index in [9.17, 15) is 4.79 Å². The van der Waals surface area contributed by atoms with Gasteiger partial charge in [0.25, 0.3) is 0 Å². The molecule has 1 aromatic carbocycles. The van der Waals surface area contributed by atoms with Crippen LogP contribution in [0.15, 0.2) is 42.7 Å². The number of aromatic nitrogens is 2. The number of carbonyl (C=O) groups excluding carboxylic acids is 1. The largest absolute Gasteiger partial charge is 0.354 e. The molecule has 1 amide bonds.